The number of aryl methyl sites for hydroxylation is 1. The maximum absolute atomic E-state index is 11.5. The van der Waals surface area contributed by atoms with E-state index in [9.17, 15) is 13.0 Å². The highest BCUT2D eigenvalue weighted by Crippen LogP contribution is 2.25. The van der Waals surface area contributed by atoms with Gasteiger partial charge >= 0.3 is 0 Å². The van der Waals surface area contributed by atoms with Crippen molar-refractivity contribution in [2.75, 3.05) is 0 Å². The molecule has 0 spiro atoms. The molecule has 0 bridgehead atoms. The molecule has 0 fully saturated rings. The van der Waals surface area contributed by atoms with Crippen LogP contribution in [0.2, 0.25) is 0 Å². The maximum atomic E-state index is 11.5. The topological polar surface area (TPSA) is 54.4 Å². The van der Waals surface area contributed by atoms with Crippen molar-refractivity contribution in [3.05, 3.63) is 42.0 Å². The summed E-state index contributed by atoms with van der Waals surface area (Å²) in [7, 11) is -4.17. The number of hydrogen-bond acceptors (Lipinski definition) is 2. The van der Waals surface area contributed by atoms with E-state index in [2.05, 4.69) is 6.92 Å². The van der Waals surface area contributed by atoms with Crippen LogP contribution in [0.4, 0.5) is 0 Å². The van der Waals surface area contributed by atoms with Crippen molar-refractivity contribution in [2.24, 2.45) is 0 Å². The van der Waals surface area contributed by atoms with Crippen molar-refractivity contribution in [1.82, 2.24) is 0 Å². The lowest BCUT2D eigenvalue weighted by molar-refractivity contribution is 0.483. The molecule has 2 aromatic carbocycles. The minimum atomic E-state index is -4.17. The Morgan fingerprint density at radius 1 is 0.778 bits per heavy atom. The van der Waals surface area contributed by atoms with Crippen LogP contribution in [0.15, 0.2) is 41.3 Å². The molecule has 27 heavy (non-hydrogen) atoms. The van der Waals surface area contributed by atoms with Crippen molar-refractivity contribution in [3.8, 4) is 0 Å². The maximum Gasteiger partial charge on any atom is 0.294 e. The van der Waals surface area contributed by atoms with Gasteiger partial charge in [-0.25, -0.2) is 0 Å². The molecule has 0 aromatic heterocycles. The fraction of sp³-hybridized carbons (Fsp3) is 0.565. The van der Waals surface area contributed by atoms with E-state index < -0.39 is 10.1 Å². The highest BCUT2D eigenvalue weighted by molar-refractivity contribution is 7.85. The van der Waals surface area contributed by atoms with E-state index in [1.807, 2.05) is 24.3 Å². The summed E-state index contributed by atoms with van der Waals surface area (Å²) in [4.78, 5) is -0.000673. The van der Waals surface area contributed by atoms with Gasteiger partial charge in [-0.15, -0.1) is 0 Å². The van der Waals surface area contributed by atoms with Gasteiger partial charge in [-0.3, -0.25) is 4.55 Å². The number of rotatable bonds is 13. The summed E-state index contributed by atoms with van der Waals surface area (Å²) in [6, 6.07) is 11.0. The van der Waals surface area contributed by atoms with E-state index in [0.717, 1.165) is 29.2 Å². The molecule has 0 aliphatic heterocycles. The highest BCUT2D eigenvalue weighted by Gasteiger charge is 2.13. The lowest BCUT2D eigenvalue weighted by atomic mass is 9.99. The van der Waals surface area contributed by atoms with Crippen LogP contribution in [-0.2, 0) is 16.5 Å². The van der Waals surface area contributed by atoms with E-state index in [1.165, 1.54) is 64.2 Å². The summed E-state index contributed by atoms with van der Waals surface area (Å²) in [5.41, 5.74) is 1.01. The van der Waals surface area contributed by atoms with Crippen molar-refractivity contribution in [3.63, 3.8) is 0 Å². The normalized spacial score (nSPS) is 11.9. The van der Waals surface area contributed by atoms with Gasteiger partial charge < -0.3 is 0 Å². The molecular formula is C23H34O3S. The van der Waals surface area contributed by atoms with E-state index in [-0.39, 0.29) is 4.90 Å². The molecule has 0 saturated heterocycles. The highest BCUT2D eigenvalue weighted by atomic mass is 32.2. The van der Waals surface area contributed by atoms with Gasteiger partial charge in [0.05, 0.1) is 4.90 Å². The molecule has 0 amide bonds. The standard InChI is InChI=1S/C23H34O3S/c1-2-3-4-5-6-7-8-9-10-11-12-15-20-18-22(27(24,25)26)19-21-16-13-14-17-23(20)21/h13-14,16-19H,2-12,15H2,1H3,(H,24,25,26). The second kappa shape index (κ2) is 11.5. The molecule has 0 radical (unpaired) electrons. The first kappa shape index (κ1) is 21.9. The van der Waals surface area contributed by atoms with Crippen molar-refractivity contribution in [1.29, 1.82) is 0 Å². The first-order valence-electron chi connectivity index (χ1n) is 10.5. The monoisotopic (exact) mass is 390 g/mol. The van der Waals surface area contributed by atoms with Crippen molar-refractivity contribution in [2.45, 2.75) is 88.9 Å². The second-order valence-corrected chi connectivity index (χ2v) is 8.99. The third-order valence-corrected chi connectivity index (χ3v) is 6.10. The third-order valence-electron chi connectivity index (χ3n) is 5.27. The Kier molecular flexibility index (Phi) is 9.29. The average molecular weight is 391 g/mol. The smallest absolute Gasteiger partial charge is 0.282 e. The van der Waals surface area contributed by atoms with Gasteiger partial charge in [0.1, 0.15) is 0 Å². The SMILES string of the molecule is CCCCCCCCCCCCCc1cc(S(=O)(=O)O)cc2ccccc12. The Balaban J connectivity index is 1.77. The van der Waals surface area contributed by atoms with Crippen LogP contribution in [0.5, 0.6) is 0 Å². The van der Waals surface area contributed by atoms with Gasteiger partial charge in [0.2, 0.25) is 0 Å². The zero-order valence-electron chi connectivity index (χ0n) is 16.6. The van der Waals surface area contributed by atoms with Gasteiger partial charge in [0.25, 0.3) is 10.1 Å². The molecular weight excluding hydrogens is 356 g/mol. The number of fused-ring (bicyclic) bond motifs is 1. The predicted molar refractivity (Wildman–Crippen MR) is 114 cm³/mol. The minimum Gasteiger partial charge on any atom is -0.282 e. The van der Waals surface area contributed by atoms with Crippen LogP contribution in [0.25, 0.3) is 10.8 Å². The van der Waals surface area contributed by atoms with Crippen LogP contribution in [0.1, 0.15) is 83.1 Å². The summed E-state index contributed by atoms with van der Waals surface area (Å²) >= 11 is 0. The molecule has 0 saturated carbocycles. The van der Waals surface area contributed by atoms with Crippen molar-refractivity contribution < 1.29 is 13.0 Å². The van der Waals surface area contributed by atoms with Gasteiger partial charge in [0.15, 0.2) is 0 Å². The van der Waals surface area contributed by atoms with Crippen LogP contribution in [0, 0.1) is 0 Å². The fourth-order valence-corrected chi connectivity index (χ4v) is 4.26. The Morgan fingerprint density at radius 3 is 1.93 bits per heavy atom. The molecule has 1 N–H and O–H groups in total. The lowest BCUT2D eigenvalue weighted by Gasteiger charge is -2.09. The van der Waals surface area contributed by atoms with Crippen LogP contribution >= 0.6 is 0 Å². The molecule has 2 rings (SSSR count). The summed E-state index contributed by atoms with van der Waals surface area (Å²) in [5, 5.41) is 1.95. The van der Waals surface area contributed by atoms with E-state index in [0.29, 0.717) is 0 Å². The molecule has 0 unspecified atom stereocenters. The first-order chi connectivity index (χ1) is 13.0. The minimum absolute atomic E-state index is 0.000673. The number of unbranched alkanes of at least 4 members (excludes halogenated alkanes) is 10. The number of benzene rings is 2. The van der Waals surface area contributed by atoms with E-state index >= 15 is 0 Å². The molecule has 0 heterocycles. The van der Waals surface area contributed by atoms with E-state index in [4.69, 9.17) is 0 Å². The van der Waals surface area contributed by atoms with Gasteiger partial charge in [-0.1, -0.05) is 95.4 Å². The largest absolute Gasteiger partial charge is 0.294 e. The molecule has 0 aliphatic carbocycles. The molecule has 4 heteroatoms. The summed E-state index contributed by atoms with van der Waals surface area (Å²) in [6.07, 6.45) is 15.1. The number of hydrogen-bond donors (Lipinski definition) is 1. The summed E-state index contributed by atoms with van der Waals surface area (Å²) in [5.74, 6) is 0. The van der Waals surface area contributed by atoms with E-state index in [1.54, 1.807) is 12.1 Å². The zero-order valence-corrected chi connectivity index (χ0v) is 17.4. The summed E-state index contributed by atoms with van der Waals surface area (Å²) in [6.45, 7) is 2.25. The average Bonchev–Trinajstić information content (AvgIpc) is 2.65. The van der Waals surface area contributed by atoms with Gasteiger partial charge in [0, 0.05) is 0 Å². The zero-order chi connectivity index (χ0) is 19.5. The Bertz CT molecular complexity index is 796. The Hall–Kier alpha value is -1.39. The predicted octanol–water partition coefficient (Wildman–Crippen LogP) is 6.94. The second-order valence-electron chi connectivity index (χ2n) is 7.56. The first-order valence-corrected chi connectivity index (χ1v) is 12.0. The lowest BCUT2D eigenvalue weighted by Crippen LogP contribution is -2.00. The molecule has 0 aliphatic rings. The Labute approximate surface area is 164 Å². The Morgan fingerprint density at radius 2 is 1.33 bits per heavy atom. The third kappa shape index (κ3) is 7.63. The van der Waals surface area contributed by atoms with Crippen LogP contribution in [0.3, 0.4) is 0 Å². The quantitative estimate of drug-likeness (QED) is 0.298. The van der Waals surface area contributed by atoms with Gasteiger partial charge in [-0.2, -0.15) is 8.42 Å². The fourth-order valence-electron chi connectivity index (χ4n) is 3.70. The molecule has 3 nitrogen and oxygen atoms in total. The van der Waals surface area contributed by atoms with Crippen molar-refractivity contribution >= 4 is 20.9 Å². The van der Waals surface area contributed by atoms with Gasteiger partial charge in [-0.05, 0) is 41.3 Å². The molecule has 2 aromatic rings. The van der Waals surface area contributed by atoms with Crippen LogP contribution in [-0.4, -0.2) is 13.0 Å². The van der Waals surface area contributed by atoms with Crippen LogP contribution < -0.4 is 0 Å². The molecule has 150 valence electrons. The molecule has 0 atom stereocenters. The summed E-state index contributed by atoms with van der Waals surface area (Å²) < 4.78 is 32.5.